The van der Waals surface area contributed by atoms with Crippen LogP contribution in [0.4, 0.5) is 10.5 Å². The van der Waals surface area contributed by atoms with Crippen LogP contribution in [0.3, 0.4) is 0 Å². The summed E-state index contributed by atoms with van der Waals surface area (Å²) in [5.41, 5.74) is 2.85. The Bertz CT molecular complexity index is 804. The highest BCUT2D eigenvalue weighted by Gasteiger charge is 2.23. The molecular weight excluding hydrogens is 318 g/mol. The number of hydrogen-bond acceptors (Lipinski definition) is 3. The molecule has 1 aliphatic heterocycles. The van der Waals surface area contributed by atoms with Crippen molar-refractivity contribution in [2.45, 2.75) is 19.4 Å². The Labute approximate surface area is 146 Å². The molecule has 0 saturated carbocycles. The van der Waals surface area contributed by atoms with Gasteiger partial charge < -0.3 is 20.7 Å². The van der Waals surface area contributed by atoms with Gasteiger partial charge in [0.2, 0.25) is 0 Å². The van der Waals surface area contributed by atoms with Crippen LogP contribution in [0.1, 0.15) is 33.9 Å². The largest absolute Gasteiger partial charge is 0.493 e. The first-order chi connectivity index (χ1) is 12.1. The summed E-state index contributed by atoms with van der Waals surface area (Å²) < 4.78 is 5.61. The van der Waals surface area contributed by atoms with Crippen molar-refractivity contribution in [2.75, 3.05) is 19.0 Å². The van der Waals surface area contributed by atoms with E-state index in [0.717, 1.165) is 16.9 Å². The van der Waals surface area contributed by atoms with Gasteiger partial charge in [-0.1, -0.05) is 24.3 Å². The van der Waals surface area contributed by atoms with E-state index < -0.39 is 0 Å². The minimum Gasteiger partial charge on any atom is -0.493 e. The lowest BCUT2D eigenvalue weighted by molar-refractivity contribution is 0.0962. The maximum Gasteiger partial charge on any atom is 0.319 e. The van der Waals surface area contributed by atoms with E-state index in [-0.39, 0.29) is 18.0 Å². The summed E-state index contributed by atoms with van der Waals surface area (Å²) in [6.45, 7) is 2.37. The monoisotopic (exact) mass is 339 g/mol. The number of para-hydroxylation sites is 1. The zero-order valence-corrected chi connectivity index (χ0v) is 14.3. The maximum absolute atomic E-state index is 12.4. The summed E-state index contributed by atoms with van der Waals surface area (Å²) in [7, 11) is 1.58. The van der Waals surface area contributed by atoms with Gasteiger partial charge in [-0.05, 0) is 30.7 Å². The van der Waals surface area contributed by atoms with Gasteiger partial charge in [0.25, 0.3) is 5.91 Å². The van der Waals surface area contributed by atoms with Crippen LogP contribution in [-0.4, -0.2) is 25.6 Å². The third kappa shape index (κ3) is 3.57. The Morgan fingerprint density at radius 1 is 1.12 bits per heavy atom. The number of hydrogen-bond donors (Lipinski definition) is 3. The molecule has 0 saturated heterocycles. The summed E-state index contributed by atoms with van der Waals surface area (Å²) in [4.78, 5) is 24.3. The molecule has 3 amide bonds. The molecule has 3 rings (SSSR count). The second-order valence-electron chi connectivity index (χ2n) is 5.88. The van der Waals surface area contributed by atoms with Gasteiger partial charge >= 0.3 is 6.03 Å². The number of benzene rings is 2. The van der Waals surface area contributed by atoms with Gasteiger partial charge in [-0.3, -0.25) is 4.79 Å². The Balaban J connectivity index is 1.73. The van der Waals surface area contributed by atoms with E-state index in [2.05, 4.69) is 16.0 Å². The van der Waals surface area contributed by atoms with Gasteiger partial charge in [0.15, 0.2) is 0 Å². The van der Waals surface area contributed by atoms with E-state index in [0.29, 0.717) is 24.3 Å². The lowest BCUT2D eigenvalue weighted by atomic mass is 10.0. The highest BCUT2D eigenvalue weighted by Crippen LogP contribution is 2.31. The summed E-state index contributed by atoms with van der Waals surface area (Å²) in [6.07, 6.45) is 0.710. The van der Waals surface area contributed by atoms with Crippen LogP contribution in [-0.2, 0) is 0 Å². The van der Waals surface area contributed by atoms with Gasteiger partial charge in [-0.25, -0.2) is 4.79 Å². The predicted molar refractivity (Wildman–Crippen MR) is 96.0 cm³/mol. The van der Waals surface area contributed by atoms with Crippen molar-refractivity contribution in [3.63, 3.8) is 0 Å². The van der Waals surface area contributed by atoms with E-state index in [1.54, 1.807) is 25.2 Å². The molecule has 1 atom stereocenters. The van der Waals surface area contributed by atoms with E-state index in [1.165, 1.54) is 0 Å². The first-order valence-electron chi connectivity index (χ1n) is 8.21. The minimum atomic E-state index is -0.307. The van der Waals surface area contributed by atoms with Gasteiger partial charge in [-0.15, -0.1) is 0 Å². The average molecular weight is 339 g/mol. The van der Waals surface area contributed by atoms with Crippen molar-refractivity contribution < 1.29 is 14.3 Å². The number of nitrogens with one attached hydrogen (secondary N) is 3. The smallest absolute Gasteiger partial charge is 0.319 e. The second-order valence-corrected chi connectivity index (χ2v) is 5.88. The molecule has 1 heterocycles. The Hall–Kier alpha value is -3.02. The van der Waals surface area contributed by atoms with Gasteiger partial charge in [-0.2, -0.15) is 0 Å². The fourth-order valence-electron chi connectivity index (χ4n) is 2.96. The van der Waals surface area contributed by atoms with E-state index in [1.807, 2.05) is 31.2 Å². The fourth-order valence-corrected chi connectivity index (χ4v) is 2.96. The molecule has 2 aromatic carbocycles. The molecule has 1 aliphatic rings. The summed E-state index contributed by atoms with van der Waals surface area (Å²) in [5, 5.41) is 8.42. The van der Waals surface area contributed by atoms with Crippen LogP contribution in [0.5, 0.6) is 5.75 Å². The third-order valence-electron chi connectivity index (χ3n) is 4.32. The van der Waals surface area contributed by atoms with E-state index in [9.17, 15) is 9.59 Å². The lowest BCUT2D eigenvalue weighted by Crippen LogP contribution is -2.35. The molecule has 0 aromatic heterocycles. The SMILES string of the molecule is CNC(=O)c1cccc(NC(=O)N[C@@H]2CCOc3ccccc32)c1C. The van der Waals surface area contributed by atoms with Crippen LogP contribution < -0.4 is 20.7 Å². The summed E-state index contributed by atoms with van der Waals surface area (Å²) in [5.74, 6) is 0.622. The third-order valence-corrected chi connectivity index (χ3v) is 4.32. The van der Waals surface area contributed by atoms with Gasteiger partial charge in [0.1, 0.15) is 5.75 Å². The van der Waals surface area contributed by atoms with Crippen molar-refractivity contribution in [1.82, 2.24) is 10.6 Å². The zero-order chi connectivity index (χ0) is 17.8. The molecule has 3 N–H and O–H groups in total. The van der Waals surface area contributed by atoms with Gasteiger partial charge in [0, 0.05) is 30.3 Å². The first kappa shape index (κ1) is 16.8. The zero-order valence-electron chi connectivity index (χ0n) is 14.3. The average Bonchev–Trinajstić information content (AvgIpc) is 2.63. The van der Waals surface area contributed by atoms with Crippen molar-refractivity contribution in [2.24, 2.45) is 0 Å². The van der Waals surface area contributed by atoms with E-state index >= 15 is 0 Å². The van der Waals surface area contributed by atoms with Crippen LogP contribution in [0.2, 0.25) is 0 Å². The number of carbonyl (C=O) groups is 2. The van der Waals surface area contributed by atoms with Gasteiger partial charge in [0.05, 0.1) is 12.6 Å². The number of urea groups is 1. The molecule has 25 heavy (non-hydrogen) atoms. The quantitative estimate of drug-likeness (QED) is 0.804. The molecule has 0 spiro atoms. The number of ether oxygens (including phenoxy) is 1. The first-order valence-corrected chi connectivity index (χ1v) is 8.21. The molecule has 6 nitrogen and oxygen atoms in total. The minimum absolute atomic E-state index is 0.104. The predicted octanol–water partition coefficient (Wildman–Crippen LogP) is 3.00. The normalized spacial score (nSPS) is 15.5. The molecule has 0 unspecified atom stereocenters. The summed E-state index contributed by atoms with van der Waals surface area (Å²) in [6, 6.07) is 12.5. The maximum atomic E-state index is 12.4. The van der Waals surface area contributed by atoms with Crippen LogP contribution in [0, 0.1) is 6.92 Å². The summed E-state index contributed by atoms with van der Waals surface area (Å²) >= 11 is 0. The highest BCUT2D eigenvalue weighted by molar-refractivity contribution is 5.99. The Morgan fingerprint density at radius 2 is 1.92 bits per heavy atom. The van der Waals surface area contributed by atoms with Crippen molar-refractivity contribution in [1.29, 1.82) is 0 Å². The fraction of sp³-hybridized carbons (Fsp3) is 0.263. The molecular formula is C19H21N3O3. The molecule has 6 heteroatoms. The van der Waals surface area contributed by atoms with Crippen molar-refractivity contribution in [3.05, 3.63) is 59.2 Å². The second kappa shape index (κ2) is 7.25. The van der Waals surface area contributed by atoms with Crippen LogP contribution in [0.15, 0.2) is 42.5 Å². The molecule has 0 fully saturated rings. The number of anilines is 1. The highest BCUT2D eigenvalue weighted by atomic mass is 16.5. The number of fused-ring (bicyclic) bond motifs is 1. The van der Waals surface area contributed by atoms with Crippen LogP contribution in [0.25, 0.3) is 0 Å². The Morgan fingerprint density at radius 3 is 2.72 bits per heavy atom. The standard InChI is InChI=1S/C19H21N3O3/c1-12-13(18(23)20-2)7-5-8-15(12)21-19(24)22-16-10-11-25-17-9-4-3-6-14(16)17/h3-9,16H,10-11H2,1-2H3,(H,20,23)(H2,21,22,24)/t16-/m1/s1. The van der Waals surface area contributed by atoms with E-state index in [4.69, 9.17) is 4.74 Å². The molecule has 130 valence electrons. The topological polar surface area (TPSA) is 79.5 Å². The Kier molecular flexibility index (Phi) is 4.88. The molecule has 2 aromatic rings. The lowest BCUT2D eigenvalue weighted by Gasteiger charge is -2.26. The number of carbonyl (C=O) groups excluding carboxylic acids is 2. The molecule has 0 radical (unpaired) electrons. The van der Waals surface area contributed by atoms with Crippen molar-refractivity contribution >= 4 is 17.6 Å². The molecule has 0 aliphatic carbocycles. The number of rotatable bonds is 3. The molecule has 0 bridgehead atoms. The number of amides is 3. The van der Waals surface area contributed by atoms with Crippen molar-refractivity contribution in [3.8, 4) is 5.75 Å². The van der Waals surface area contributed by atoms with Crippen LogP contribution >= 0.6 is 0 Å².